The largest absolute Gasteiger partial charge is 0.496 e. The standard InChI is InChI=1S/C29H40N2O5/c1-6-25(32)30-26-22-9-7-8-10-23(22)29(28(26)36-18-17-33-3)13-15-31(16-14-29)19-21-11-12-24(34-4)20(2)27(21)35-5/h7-12,26,28H,6,13-19H2,1-5H3,(H,30,32)/t26-,28+/m1/s1. The summed E-state index contributed by atoms with van der Waals surface area (Å²) in [5.74, 6) is 1.78. The van der Waals surface area contributed by atoms with Gasteiger partial charge in [0.1, 0.15) is 11.5 Å². The topological polar surface area (TPSA) is 69.3 Å². The number of piperidine rings is 1. The molecule has 1 aliphatic heterocycles. The van der Waals surface area contributed by atoms with E-state index < -0.39 is 0 Å². The summed E-state index contributed by atoms with van der Waals surface area (Å²) < 4.78 is 23.0. The van der Waals surface area contributed by atoms with Crippen molar-refractivity contribution in [3.63, 3.8) is 0 Å². The van der Waals surface area contributed by atoms with Gasteiger partial charge in [-0.2, -0.15) is 0 Å². The molecule has 1 spiro atoms. The van der Waals surface area contributed by atoms with Crippen molar-refractivity contribution in [2.75, 3.05) is 47.6 Å². The third kappa shape index (κ3) is 4.97. The Morgan fingerprint density at radius 3 is 2.47 bits per heavy atom. The molecule has 1 heterocycles. The van der Waals surface area contributed by atoms with Gasteiger partial charge < -0.3 is 24.3 Å². The van der Waals surface area contributed by atoms with E-state index in [1.807, 2.05) is 19.9 Å². The molecule has 7 nitrogen and oxygen atoms in total. The van der Waals surface area contributed by atoms with Crippen LogP contribution in [-0.2, 0) is 26.2 Å². The number of carbonyl (C=O) groups is 1. The Bertz CT molecular complexity index is 1050. The zero-order chi connectivity index (χ0) is 25.7. The first-order valence-electron chi connectivity index (χ1n) is 12.9. The van der Waals surface area contributed by atoms with Crippen LogP contribution in [0.4, 0.5) is 0 Å². The summed E-state index contributed by atoms with van der Waals surface area (Å²) in [6, 6.07) is 12.5. The van der Waals surface area contributed by atoms with Crippen LogP contribution in [0.15, 0.2) is 36.4 Å². The lowest BCUT2D eigenvalue weighted by atomic mass is 9.71. The molecule has 1 amide bonds. The van der Waals surface area contributed by atoms with Gasteiger partial charge in [-0.1, -0.05) is 37.3 Å². The first kappa shape index (κ1) is 26.5. The fourth-order valence-corrected chi connectivity index (χ4v) is 6.06. The molecule has 0 unspecified atom stereocenters. The number of nitrogens with zero attached hydrogens (tertiary/aromatic N) is 1. The van der Waals surface area contributed by atoms with E-state index in [0.717, 1.165) is 49.5 Å². The lowest BCUT2D eigenvalue weighted by Crippen LogP contribution is -2.51. The Morgan fingerprint density at radius 1 is 1.06 bits per heavy atom. The second-order valence-electron chi connectivity index (χ2n) is 9.79. The smallest absolute Gasteiger partial charge is 0.220 e. The van der Waals surface area contributed by atoms with Gasteiger partial charge in [0.2, 0.25) is 5.91 Å². The molecule has 0 saturated carbocycles. The number of rotatable bonds is 10. The van der Waals surface area contributed by atoms with Crippen LogP contribution in [0, 0.1) is 6.92 Å². The number of hydrogen-bond donors (Lipinski definition) is 1. The van der Waals surface area contributed by atoms with E-state index in [0.29, 0.717) is 19.6 Å². The number of benzene rings is 2. The molecule has 1 N–H and O–H groups in total. The van der Waals surface area contributed by atoms with Crippen LogP contribution in [0.1, 0.15) is 54.5 Å². The second kappa shape index (κ2) is 11.6. The zero-order valence-electron chi connectivity index (χ0n) is 22.3. The average molecular weight is 497 g/mol. The van der Waals surface area contributed by atoms with Crippen molar-refractivity contribution >= 4 is 5.91 Å². The van der Waals surface area contributed by atoms with Crippen molar-refractivity contribution in [1.29, 1.82) is 0 Å². The SMILES string of the molecule is CCC(=O)N[C@@H]1c2ccccc2C2(CCN(Cc3ccc(OC)c(C)c3OC)CC2)[C@H]1OCCOC. The summed E-state index contributed by atoms with van der Waals surface area (Å²) in [5.41, 5.74) is 4.54. The van der Waals surface area contributed by atoms with Gasteiger partial charge in [-0.25, -0.2) is 0 Å². The van der Waals surface area contributed by atoms with Crippen LogP contribution in [0.2, 0.25) is 0 Å². The van der Waals surface area contributed by atoms with Crippen molar-refractivity contribution in [1.82, 2.24) is 10.2 Å². The van der Waals surface area contributed by atoms with Crippen molar-refractivity contribution in [2.45, 2.75) is 57.2 Å². The third-order valence-electron chi connectivity index (χ3n) is 7.91. The molecule has 0 aromatic heterocycles. The van der Waals surface area contributed by atoms with Gasteiger partial charge in [0.25, 0.3) is 0 Å². The second-order valence-corrected chi connectivity index (χ2v) is 9.79. The van der Waals surface area contributed by atoms with Gasteiger partial charge in [0, 0.05) is 36.6 Å². The van der Waals surface area contributed by atoms with Crippen LogP contribution in [-0.4, -0.2) is 64.5 Å². The predicted octanol–water partition coefficient (Wildman–Crippen LogP) is 4.16. The van der Waals surface area contributed by atoms with Crippen LogP contribution in [0.3, 0.4) is 0 Å². The predicted molar refractivity (Wildman–Crippen MR) is 140 cm³/mol. The number of methoxy groups -OCH3 is 3. The summed E-state index contributed by atoms with van der Waals surface area (Å²) in [4.78, 5) is 15.0. The fraction of sp³-hybridized carbons (Fsp3) is 0.552. The summed E-state index contributed by atoms with van der Waals surface area (Å²) >= 11 is 0. The van der Waals surface area contributed by atoms with Gasteiger partial charge in [-0.15, -0.1) is 0 Å². The lowest BCUT2D eigenvalue weighted by molar-refractivity contribution is -0.124. The summed E-state index contributed by atoms with van der Waals surface area (Å²) in [6.07, 6.45) is 2.24. The highest BCUT2D eigenvalue weighted by Gasteiger charge is 2.54. The molecule has 0 bridgehead atoms. The Labute approximate surface area is 215 Å². The van der Waals surface area contributed by atoms with Crippen LogP contribution in [0.25, 0.3) is 0 Å². The number of amides is 1. The molecule has 2 atom stereocenters. The van der Waals surface area contributed by atoms with E-state index in [2.05, 4.69) is 40.5 Å². The van der Waals surface area contributed by atoms with E-state index in [9.17, 15) is 4.79 Å². The normalized spacial score (nSPS) is 20.8. The van der Waals surface area contributed by atoms with Gasteiger partial charge in [0.05, 0.1) is 39.6 Å². The zero-order valence-corrected chi connectivity index (χ0v) is 22.3. The highest BCUT2D eigenvalue weighted by molar-refractivity contribution is 5.76. The molecule has 1 fully saturated rings. The highest BCUT2D eigenvalue weighted by atomic mass is 16.5. The average Bonchev–Trinajstić information content (AvgIpc) is 3.14. The molecular formula is C29H40N2O5. The molecule has 2 aliphatic rings. The van der Waals surface area contributed by atoms with E-state index in [4.69, 9.17) is 18.9 Å². The Balaban J connectivity index is 1.58. The maximum Gasteiger partial charge on any atom is 0.220 e. The number of ether oxygens (including phenoxy) is 4. The maximum absolute atomic E-state index is 12.5. The Kier molecular flexibility index (Phi) is 8.54. The lowest BCUT2D eigenvalue weighted by Gasteiger charge is -2.44. The minimum atomic E-state index is -0.151. The number of carbonyl (C=O) groups excluding carboxylic acids is 1. The first-order chi connectivity index (χ1) is 17.5. The van der Waals surface area contributed by atoms with Gasteiger partial charge in [0.15, 0.2) is 0 Å². The molecule has 196 valence electrons. The molecule has 7 heteroatoms. The Morgan fingerprint density at radius 2 is 1.81 bits per heavy atom. The Hall–Kier alpha value is -2.61. The fourth-order valence-electron chi connectivity index (χ4n) is 6.06. The van der Waals surface area contributed by atoms with Crippen LogP contribution in [0.5, 0.6) is 11.5 Å². The molecule has 2 aromatic carbocycles. The van der Waals surface area contributed by atoms with Crippen molar-refractivity contribution in [3.05, 3.63) is 58.7 Å². The molecule has 2 aromatic rings. The summed E-state index contributed by atoms with van der Waals surface area (Å²) in [7, 11) is 5.09. The number of likely N-dealkylation sites (tertiary alicyclic amines) is 1. The first-order valence-corrected chi connectivity index (χ1v) is 12.9. The molecule has 4 rings (SSSR count). The van der Waals surface area contributed by atoms with E-state index in [-0.39, 0.29) is 23.5 Å². The molecule has 1 saturated heterocycles. The minimum absolute atomic E-state index is 0.0478. The van der Waals surface area contributed by atoms with Crippen molar-refractivity contribution in [2.24, 2.45) is 0 Å². The monoisotopic (exact) mass is 496 g/mol. The van der Waals surface area contributed by atoms with Crippen LogP contribution < -0.4 is 14.8 Å². The van der Waals surface area contributed by atoms with E-state index in [1.54, 1.807) is 21.3 Å². The van der Waals surface area contributed by atoms with Crippen molar-refractivity contribution in [3.8, 4) is 11.5 Å². The number of fused-ring (bicyclic) bond motifs is 2. The molecule has 0 radical (unpaired) electrons. The molecule has 1 aliphatic carbocycles. The van der Waals surface area contributed by atoms with Crippen molar-refractivity contribution < 1.29 is 23.7 Å². The number of hydrogen-bond acceptors (Lipinski definition) is 6. The molecule has 36 heavy (non-hydrogen) atoms. The van der Waals surface area contributed by atoms with Gasteiger partial charge in [-0.05, 0) is 50.0 Å². The summed E-state index contributed by atoms with van der Waals surface area (Å²) in [6.45, 7) is 7.63. The minimum Gasteiger partial charge on any atom is -0.496 e. The van der Waals surface area contributed by atoms with E-state index in [1.165, 1.54) is 16.7 Å². The highest BCUT2D eigenvalue weighted by Crippen LogP contribution is 2.52. The quantitative estimate of drug-likeness (QED) is 0.498. The maximum atomic E-state index is 12.5. The van der Waals surface area contributed by atoms with Gasteiger partial charge in [-0.3, -0.25) is 9.69 Å². The van der Waals surface area contributed by atoms with Gasteiger partial charge >= 0.3 is 0 Å². The van der Waals surface area contributed by atoms with E-state index >= 15 is 0 Å². The molecular weight excluding hydrogens is 456 g/mol. The number of nitrogens with one attached hydrogen (secondary N) is 1. The summed E-state index contributed by atoms with van der Waals surface area (Å²) in [5, 5.41) is 3.27. The third-order valence-corrected chi connectivity index (χ3v) is 7.91. The van der Waals surface area contributed by atoms with Crippen LogP contribution >= 0.6 is 0 Å².